The second-order valence-corrected chi connectivity index (χ2v) is 7.96. The number of nitrogens with two attached hydrogens (primary N) is 2. The Bertz CT molecular complexity index is 1640. The van der Waals surface area contributed by atoms with Crippen molar-refractivity contribution >= 4 is 41.0 Å². The summed E-state index contributed by atoms with van der Waals surface area (Å²) >= 11 is 0. The minimum absolute atomic E-state index is 0. The second kappa shape index (κ2) is 10.9. The van der Waals surface area contributed by atoms with Crippen molar-refractivity contribution in [3.8, 4) is 23.3 Å². The fourth-order valence-corrected chi connectivity index (χ4v) is 3.86. The summed E-state index contributed by atoms with van der Waals surface area (Å²) in [5, 5.41) is 9.57. The molecule has 190 valence electrons. The second-order valence-electron chi connectivity index (χ2n) is 7.96. The number of aromatic nitrogens is 3. The number of pyridine rings is 1. The van der Waals surface area contributed by atoms with Crippen molar-refractivity contribution < 1.29 is 19.4 Å². The van der Waals surface area contributed by atoms with Crippen LogP contribution < -0.4 is 26.4 Å². The number of benzene rings is 2. The van der Waals surface area contributed by atoms with Gasteiger partial charge in [0.25, 0.3) is 0 Å². The molecule has 0 spiro atoms. The van der Waals surface area contributed by atoms with Crippen LogP contribution >= 0.6 is 12.4 Å². The lowest BCUT2D eigenvalue weighted by Crippen LogP contribution is -2.17. The molecule has 0 saturated heterocycles. The maximum atomic E-state index is 12.5. The first-order valence-electron chi connectivity index (χ1n) is 10.7. The maximum Gasteiger partial charge on any atom is 0.341 e. The molecular formula is C26H24ClN5O5. The van der Waals surface area contributed by atoms with Gasteiger partial charge in [0.1, 0.15) is 11.4 Å². The van der Waals surface area contributed by atoms with Crippen LogP contribution in [0.15, 0.2) is 47.5 Å². The standard InChI is InChI=1S/C26H23N5O5.ClH/c1-31-13-19(25(33)34)22(32)18-7-5-14(10-20(18)31)4-6-16-8-15(11-21(35-2)23(16)36-3)9-17-12-29-26(28)30-24(17)27;/h5,7-8,10-13H,9H2,1-3H3,(H,33,34)(H4,27,28,29,30);1H. The zero-order valence-corrected chi connectivity index (χ0v) is 21.0. The van der Waals surface area contributed by atoms with Gasteiger partial charge < -0.3 is 30.6 Å². The molecule has 4 rings (SSSR count). The summed E-state index contributed by atoms with van der Waals surface area (Å²) in [6.45, 7) is 0. The molecule has 0 bridgehead atoms. The first-order valence-corrected chi connectivity index (χ1v) is 10.7. The highest BCUT2D eigenvalue weighted by Gasteiger charge is 2.15. The van der Waals surface area contributed by atoms with Crippen LogP contribution in [0.3, 0.4) is 0 Å². The molecule has 0 saturated carbocycles. The minimum atomic E-state index is -1.27. The van der Waals surface area contributed by atoms with Crippen LogP contribution in [0.5, 0.6) is 11.5 Å². The molecule has 0 radical (unpaired) electrons. The van der Waals surface area contributed by atoms with Gasteiger partial charge in [0, 0.05) is 42.4 Å². The molecule has 2 aromatic heterocycles. The Balaban J connectivity index is 0.00000380. The van der Waals surface area contributed by atoms with Crippen molar-refractivity contribution in [2.75, 3.05) is 25.7 Å². The predicted octanol–water partition coefficient (Wildman–Crippen LogP) is 2.62. The molecule has 5 N–H and O–H groups in total. The van der Waals surface area contributed by atoms with E-state index in [1.165, 1.54) is 20.4 Å². The van der Waals surface area contributed by atoms with Crippen LogP contribution in [0.1, 0.15) is 32.6 Å². The summed E-state index contributed by atoms with van der Waals surface area (Å²) in [5.74, 6) is 6.29. The molecule has 2 heterocycles. The van der Waals surface area contributed by atoms with Gasteiger partial charge in [-0.3, -0.25) is 4.79 Å². The zero-order valence-electron chi connectivity index (χ0n) is 20.2. The van der Waals surface area contributed by atoms with Gasteiger partial charge in [0.2, 0.25) is 11.4 Å². The molecule has 0 fully saturated rings. The third-order valence-corrected chi connectivity index (χ3v) is 5.61. The number of rotatable bonds is 5. The van der Waals surface area contributed by atoms with Crippen molar-refractivity contribution in [3.63, 3.8) is 0 Å². The molecular weight excluding hydrogens is 498 g/mol. The van der Waals surface area contributed by atoms with Gasteiger partial charge in [-0.2, -0.15) is 4.98 Å². The zero-order chi connectivity index (χ0) is 26.0. The van der Waals surface area contributed by atoms with E-state index in [1.807, 2.05) is 12.1 Å². The smallest absolute Gasteiger partial charge is 0.341 e. The van der Waals surface area contributed by atoms with Gasteiger partial charge >= 0.3 is 5.97 Å². The normalized spacial score (nSPS) is 10.2. The number of anilines is 2. The first-order chi connectivity index (χ1) is 17.2. The van der Waals surface area contributed by atoms with Gasteiger partial charge in [-0.05, 0) is 35.9 Å². The Labute approximate surface area is 218 Å². The van der Waals surface area contributed by atoms with E-state index in [2.05, 4.69) is 21.8 Å². The van der Waals surface area contributed by atoms with E-state index in [0.29, 0.717) is 45.5 Å². The number of fused-ring (bicyclic) bond motifs is 1. The third-order valence-electron chi connectivity index (χ3n) is 5.61. The molecule has 0 amide bonds. The van der Waals surface area contributed by atoms with E-state index in [4.69, 9.17) is 20.9 Å². The third kappa shape index (κ3) is 5.42. The summed E-state index contributed by atoms with van der Waals surface area (Å²) in [6.07, 6.45) is 3.30. The quantitative estimate of drug-likeness (QED) is 0.336. The van der Waals surface area contributed by atoms with Crippen molar-refractivity contribution in [3.05, 3.63) is 80.8 Å². The summed E-state index contributed by atoms with van der Waals surface area (Å²) in [7, 11) is 4.74. The average Bonchev–Trinajstić information content (AvgIpc) is 2.85. The Morgan fingerprint density at radius 2 is 1.89 bits per heavy atom. The summed E-state index contributed by atoms with van der Waals surface area (Å²) in [4.78, 5) is 31.9. The molecule has 37 heavy (non-hydrogen) atoms. The lowest BCUT2D eigenvalue weighted by molar-refractivity contribution is 0.0695. The molecule has 2 aromatic carbocycles. The summed E-state index contributed by atoms with van der Waals surface area (Å²) < 4.78 is 12.7. The predicted molar refractivity (Wildman–Crippen MR) is 143 cm³/mol. The van der Waals surface area contributed by atoms with E-state index >= 15 is 0 Å². The SMILES string of the molecule is COc1cc(Cc2cnc(N)nc2N)cc(C#Cc2ccc3c(=O)c(C(=O)O)cn(C)c3c2)c1OC.Cl. The van der Waals surface area contributed by atoms with E-state index < -0.39 is 11.4 Å². The number of nitrogen functional groups attached to an aromatic ring is 2. The Morgan fingerprint density at radius 1 is 1.14 bits per heavy atom. The first kappa shape index (κ1) is 26.8. The summed E-state index contributed by atoms with van der Waals surface area (Å²) in [6, 6.07) is 8.66. The van der Waals surface area contributed by atoms with Crippen LogP contribution in [0.4, 0.5) is 11.8 Å². The van der Waals surface area contributed by atoms with E-state index in [9.17, 15) is 14.7 Å². The number of aryl methyl sites for hydroxylation is 1. The highest BCUT2D eigenvalue weighted by atomic mass is 35.5. The Kier molecular flexibility index (Phi) is 7.90. The number of carboxylic acid groups (broad SMARTS) is 1. The molecule has 0 atom stereocenters. The van der Waals surface area contributed by atoms with Gasteiger partial charge in [-0.15, -0.1) is 12.4 Å². The fraction of sp³-hybridized carbons (Fsp3) is 0.154. The topological polar surface area (TPSA) is 156 Å². The van der Waals surface area contributed by atoms with Crippen molar-refractivity contribution in [2.24, 2.45) is 7.05 Å². The van der Waals surface area contributed by atoms with Crippen LogP contribution in [0.2, 0.25) is 0 Å². The highest BCUT2D eigenvalue weighted by molar-refractivity contribution is 5.92. The molecule has 0 aliphatic heterocycles. The number of hydrogen-bond acceptors (Lipinski definition) is 8. The van der Waals surface area contributed by atoms with Crippen molar-refractivity contribution in [2.45, 2.75) is 6.42 Å². The minimum Gasteiger partial charge on any atom is -0.493 e. The fourth-order valence-electron chi connectivity index (χ4n) is 3.86. The van der Waals surface area contributed by atoms with Gasteiger partial charge in [0.05, 0.1) is 25.3 Å². The molecule has 0 unspecified atom stereocenters. The van der Waals surface area contributed by atoms with Crippen LogP contribution in [-0.4, -0.2) is 39.8 Å². The monoisotopic (exact) mass is 521 g/mol. The van der Waals surface area contributed by atoms with Gasteiger partial charge in [-0.25, -0.2) is 9.78 Å². The van der Waals surface area contributed by atoms with Crippen LogP contribution in [0.25, 0.3) is 10.9 Å². The highest BCUT2D eigenvalue weighted by Crippen LogP contribution is 2.33. The molecule has 4 aromatic rings. The molecule has 0 aliphatic rings. The lowest BCUT2D eigenvalue weighted by Gasteiger charge is -2.13. The number of aromatic carboxylic acids is 1. The number of methoxy groups -OCH3 is 2. The average molecular weight is 522 g/mol. The number of carboxylic acids is 1. The number of hydrogen-bond donors (Lipinski definition) is 3. The van der Waals surface area contributed by atoms with Gasteiger partial charge in [0.15, 0.2) is 11.5 Å². The van der Waals surface area contributed by atoms with E-state index in [1.54, 1.807) is 36.0 Å². The Morgan fingerprint density at radius 3 is 2.54 bits per heavy atom. The van der Waals surface area contributed by atoms with Crippen LogP contribution in [-0.2, 0) is 13.5 Å². The number of nitrogens with zero attached hydrogens (tertiary/aromatic N) is 3. The maximum absolute atomic E-state index is 12.5. The van der Waals surface area contributed by atoms with Crippen molar-refractivity contribution in [1.29, 1.82) is 0 Å². The lowest BCUT2D eigenvalue weighted by atomic mass is 10.0. The van der Waals surface area contributed by atoms with Gasteiger partial charge in [-0.1, -0.05) is 11.8 Å². The summed E-state index contributed by atoms with van der Waals surface area (Å²) in [5.41, 5.74) is 14.1. The van der Waals surface area contributed by atoms with E-state index in [0.717, 1.165) is 5.56 Å². The molecule has 0 aliphatic carbocycles. The van der Waals surface area contributed by atoms with Crippen molar-refractivity contribution in [1.82, 2.24) is 14.5 Å². The largest absolute Gasteiger partial charge is 0.493 e. The number of halogens is 1. The Hall–Kier alpha value is -4.75. The molecule has 10 nitrogen and oxygen atoms in total. The number of ether oxygens (including phenoxy) is 2. The van der Waals surface area contributed by atoms with E-state index in [-0.39, 0.29) is 29.7 Å². The number of carbonyl (C=O) groups is 1. The van der Waals surface area contributed by atoms with Crippen LogP contribution in [0, 0.1) is 11.8 Å². The molecule has 11 heteroatoms.